The van der Waals surface area contributed by atoms with Crippen molar-refractivity contribution < 1.29 is 9.53 Å². The van der Waals surface area contributed by atoms with E-state index < -0.39 is 5.91 Å². The van der Waals surface area contributed by atoms with Crippen LogP contribution in [0, 0.1) is 5.41 Å². The molecule has 0 bridgehead atoms. The zero-order valence-electron chi connectivity index (χ0n) is 17.7. The van der Waals surface area contributed by atoms with Gasteiger partial charge in [0.2, 0.25) is 0 Å². The van der Waals surface area contributed by atoms with Gasteiger partial charge in [-0.1, -0.05) is 6.07 Å². The molecule has 0 spiro atoms. The Labute approximate surface area is 184 Å². The zero-order valence-corrected chi connectivity index (χ0v) is 17.7. The number of rotatable bonds is 5. The van der Waals surface area contributed by atoms with Crippen LogP contribution in [0.2, 0.25) is 0 Å². The van der Waals surface area contributed by atoms with E-state index in [-0.39, 0.29) is 0 Å². The number of nitrogens with one attached hydrogen (secondary N) is 3. The van der Waals surface area contributed by atoms with Gasteiger partial charge in [-0.15, -0.1) is 0 Å². The lowest BCUT2D eigenvalue weighted by Gasteiger charge is -2.28. The van der Waals surface area contributed by atoms with Gasteiger partial charge < -0.3 is 31.1 Å². The lowest BCUT2D eigenvalue weighted by Crippen LogP contribution is -2.36. The van der Waals surface area contributed by atoms with E-state index in [2.05, 4.69) is 27.3 Å². The van der Waals surface area contributed by atoms with Crippen molar-refractivity contribution >= 4 is 45.4 Å². The Hall–Kier alpha value is -3.91. The molecule has 0 saturated carbocycles. The van der Waals surface area contributed by atoms with Gasteiger partial charge in [-0.3, -0.25) is 4.79 Å². The number of ether oxygens (including phenoxy) is 1. The van der Waals surface area contributed by atoms with Gasteiger partial charge in [0.05, 0.1) is 41.0 Å². The molecule has 0 aliphatic carbocycles. The third-order valence-electron chi connectivity index (χ3n) is 5.95. The molecule has 2 aromatic carbocycles. The zero-order chi connectivity index (χ0) is 22.2. The summed E-state index contributed by atoms with van der Waals surface area (Å²) in [5.41, 5.74) is 12.5. The first-order valence-corrected chi connectivity index (χ1v) is 10.5. The number of hydrogen-bond acceptors (Lipinski definition) is 6. The van der Waals surface area contributed by atoms with Crippen molar-refractivity contribution in [2.75, 3.05) is 43.6 Å². The number of fused-ring (bicyclic) bond motifs is 3. The van der Waals surface area contributed by atoms with E-state index in [1.54, 1.807) is 6.07 Å². The number of hydrogen-bond donors (Lipinski definition) is 4. The van der Waals surface area contributed by atoms with Gasteiger partial charge in [0.1, 0.15) is 0 Å². The van der Waals surface area contributed by atoms with Gasteiger partial charge in [-0.25, -0.2) is 4.98 Å². The molecule has 32 heavy (non-hydrogen) atoms. The average Bonchev–Trinajstić information content (AvgIpc) is 3.21. The first kappa shape index (κ1) is 20.0. The predicted molar refractivity (Wildman–Crippen MR) is 128 cm³/mol. The van der Waals surface area contributed by atoms with Crippen molar-refractivity contribution in [1.29, 1.82) is 5.41 Å². The molecular formula is C24H24N6O2. The Balaban J connectivity index is 1.68. The standard InChI is InChI=1S/C24H24N6O2/c1-27-19-5-2-14(10-15(19)13-25)20-12-18(24(26)31)23-22(28-20)17-4-3-16(11-21(17)29-23)30-6-8-32-9-7-30/h2-5,10-13,25,27,29H,6-9H2,1H3,(H2,26,31). The molecule has 0 radical (unpaired) electrons. The number of benzene rings is 2. The molecule has 0 unspecified atom stereocenters. The molecule has 1 aliphatic heterocycles. The molecule has 2 aromatic heterocycles. The summed E-state index contributed by atoms with van der Waals surface area (Å²) >= 11 is 0. The molecule has 1 amide bonds. The summed E-state index contributed by atoms with van der Waals surface area (Å²) in [7, 11) is 1.81. The first-order chi connectivity index (χ1) is 15.6. The summed E-state index contributed by atoms with van der Waals surface area (Å²) in [5, 5.41) is 11.7. The summed E-state index contributed by atoms with van der Waals surface area (Å²) in [5.74, 6) is -0.516. The minimum atomic E-state index is -0.516. The van der Waals surface area contributed by atoms with Gasteiger partial charge in [0.15, 0.2) is 0 Å². The van der Waals surface area contributed by atoms with Crippen molar-refractivity contribution in [3.8, 4) is 11.3 Å². The largest absolute Gasteiger partial charge is 0.388 e. The average molecular weight is 428 g/mol. The highest BCUT2D eigenvalue weighted by Crippen LogP contribution is 2.33. The molecule has 1 saturated heterocycles. The number of morpholine rings is 1. The molecule has 1 aliphatic rings. The minimum absolute atomic E-state index is 0.392. The fourth-order valence-electron chi connectivity index (χ4n) is 4.27. The van der Waals surface area contributed by atoms with E-state index in [1.165, 1.54) is 6.21 Å². The Morgan fingerprint density at radius 2 is 2.03 bits per heavy atom. The molecule has 1 fully saturated rings. The van der Waals surface area contributed by atoms with E-state index in [0.717, 1.165) is 46.5 Å². The number of amides is 1. The van der Waals surface area contributed by atoms with Gasteiger partial charge in [0, 0.05) is 54.2 Å². The highest BCUT2D eigenvalue weighted by molar-refractivity contribution is 6.14. The highest BCUT2D eigenvalue weighted by Gasteiger charge is 2.18. The second-order valence-corrected chi connectivity index (χ2v) is 7.79. The second kappa shape index (κ2) is 7.97. The molecule has 5 N–H and O–H groups in total. The molecule has 5 rings (SSSR count). The Morgan fingerprint density at radius 3 is 2.75 bits per heavy atom. The molecule has 8 heteroatoms. The number of nitrogens with two attached hydrogens (primary N) is 1. The summed E-state index contributed by atoms with van der Waals surface area (Å²) in [6.07, 6.45) is 1.29. The summed E-state index contributed by atoms with van der Waals surface area (Å²) in [6.45, 7) is 3.12. The van der Waals surface area contributed by atoms with Crippen LogP contribution in [-0.4, -0.2) is 55.4 Å². The molecule has 3 heterocycles. The van der Waals surface area contributed by atoms with Crippen LogP contribution >= 0.6 is 0 Å². The van der Waals surface area contributed by atoms with Crippen LogP contribution in [0.15, 0.2) is 42.5 Å². The summed E-state index contributed by atoms with van der Waals surface area (Å²) in [4.78, 5) is 22.8. The fourth-order valence-corrected chi connectivity index (χ4v) is 4.27. The fraction of sp³-hybridized carbons (Fsp3) is 0.208. The van der Waals surface area contributed by atoms with Gasteiger partial charge in [0.25, 0.3) is 5.91 Å². The SMILES string of the molecule is CNc1ccc(-c2cc(C(N)=O)c3[nH]c4cc(N5CCOCC5)ccc4c3n2)cc1C=N. The van der Waals surface area contributed by atoms with Gasteiger partial charge in [-0.2, -0.15) is 0 Å². The maximum Gasteiger partial charge on any atom is 0.250 e. The number of carbonyl (C=O) groups excluding carboxylic acids is 1. The molecular weight excluding hydrogens is 404 g/mol. The van der Waals surface area contributed by atoms with Crippen LogP contribution in [-0.2, 0) is 4.74 Å². The van der Waals surface area contributed by atoms with Crippen molar-refractivity contribution in [2.45, 2.75) is 0 Å². The summed E-state index contributed by atoms with van der Waals surface area (Å²) < 4.78 is 5.46. The van der Waals surface area contributed by atoms with E-state index in [9.17, 15) is 4.79 Å². The number of aromatic amines is 1. The maximum absolute atomic E-state index is 12.3. The highest BCUT2D eigenvalue weighted by atomic mass is 16.5. The van der Waals surface area contributed by atoms with Crippen molar-refractivity contribution in [1.82, 2.24) is 9.97 Å². The third kappa shape index (κ3) is 3.34. The van der Waals surface area contributed by atoms with Crippen LogP contribution in [0.25, 0.3) is 33.2 Å². The quantitative estimate of drug-likeness (QED) is 0.363. The van der Waals surface area contributed by atoms with Crippen molar-refractivity contribution in [3.05, 3.63) is 53.6 Å². The van der Waals surface area contributed by atoms with Gasteiger partial charge >= 0.3 is 0 Å². The van der Waals surface area contributed by atoms with Gasteiger partial charge in [-0.05, 0) is 36.4 Å². The van der Waals surface area contributed by atoms with Crippen LogP contribution in [0.1, 0.15) is 15.9 Å². The second-order valence-electron chi connectivity index (χ2n) is 7.79. The monoisotopic (exact) mass is 428 g/mol. The Kier molecular flexibility index (Phi) is 4.99. The molecule has 0 atom stereocenters. The smallest absolute Gasteiger partial charge is 0.250 e. The first-order valence-electron chi connectivity index (χ1n) is 10.5. The van der Waals surface area contributed by atoms with Crippen LogP contribution in [0.5, 0.6) is 0 Å². The van der Waals surface area contributed by atoms with E-state index in [4.69, 9.17) is 20.9 Å². The van der Waals surface area contributed by atoms with Crippen LogP contribution in [0.4, 0.5) is 11.4 Å². The summed E-state index contributed by atoms with van der Waals surface area (Å²) in [6, 6.07) is 13.6. The van der Waals surface area contributed by atoms with Crippen molar-refractivity contribution in [3.63, 3.8) is 0 Å². The molecule has 8 nitrogen and oxygen atoms in total. The predicted octanol–water partition coefficient (Wildman–Crippen LogP) is 3.36. The number of aromatic nitrogens is 2. The molecule has 162 valence electrons. The number of primary amides is 1. The Bertz CT molecular complexity index is 1350. The van der Waals surface area contributed by atoms with Crippen LogP contribution in [0.3, 0.4) is 0 Å². The normalized spacial score (nSPS) is 14.1. The number of nitrogens with zero attached hydrogens (tertiary/aromatic N) is 2. The number of carbonyl (C=O) groups is 1. The van der Waals surface area contributed by atoms with Crippen molar-refractivity contribution in [2.24, 2.45) is 5.73 Å². The minimum Gasteiger partial charge on any atom is -0.388 e. The van der Waals surface area contributed by atoms with E-state index in [1.807, 2.05) is 31.3 Å². The lowest BCUT2D eigenvalue weighted by atomic mass is 10.0. The van der Waals surface area contributed by atoms with Crippen LogP contribution < -0.4 is 16.0 Å². The topological polar surface area (TPSA) is 120 Å². The van der Waals surface area contributed by atoms with E-state index in [0.29, 0.717) is 35.5 Å². The molecule has 4 aromatic rings. The van der Waals surface area contributed by atoms with E-state index >= 15 is 0 Å². The number of anilines is 2. The Morgan fingerprint density at radius 1 is 1.22 bits per heavy atom. The lowest BCUT2D eigenvalue weighted by molar-refractivity contribution is 0.100. The number of pyridine rings is 1. The third-order valence-corrected chi connectivity index (χ3v) is 5.95. The maximum atomic E-state index is 12.3. The number of H-pyrrole nitrogens is 1.